The van der Waals surface area contributed by atoms with Gasteiger partial charge in [-0.2, -0.15) is 13.2 Å². The number of aryl methyl sites for hydroxylation is 2. The number of nitrogens with two attached hydrogens (primary N) is 1. The predicted molar refractivity (Wildman–Crippen MR) is 93.1 cm³/mol. The highest BCUT2D eigenvalue weighted by Crippen LogP contribution is 2.39. The molecule has 3 aromatic rings. The van der Waals surface area contributed by atoms with Crippen LogP contribution in [0.3, 0.4) is 0 Å². The molecule has 6 nitrogen and oxygen atoms in total. The van der Waals surface area contributed by atoms with Gasteiger partial charge in [0.2, 0.25) is 5.88 Å². The SMILES string of the molecule is CCc1ncncc1-c1ccc(C(F)(F)F)cc1Oc1nnc(N)cc1C. The second kappa shape index (κ2) is 7.18. The minimum absolute atomic E-state index is 0.0171. The number of nitrogens with zero attached hydrogens (tertiary/aromatic N) is 4. The van der Waals surface area contributed by atoms with Crippen LogP contribution in [0.4, 0.5) is 19.0 Å². The van der Waals surface area contributed by atoms with Gasteiger partial charge in [-0.25, -0.2) is 9.97 Å². The Bertz CT molecular complexity index is 975. The molecule has 0 aliphatic heterocycles. The smallest absolute Gasteiger partial charge is 0.416 e. The molecule has 0 amide bonds. The van der Waals surface area contributed by atoms with Crippen LogP contribution < -0.4 is 10.5 Å². The van der Waals surface area contributed by atoms with Gasteiger partial charge in [-0.3, -0.25) is 0 Å². The largest absolute Gasteiger partial charge is 0.437 e. The summed E-state index contributed by atoms with van der Waals surface area (Å²) in [6, 6.07) is 4.80. The van der Waals surface area contributed by atoms with E-state index in [9.17, 15) is 13.2 Å². The number of aromatic nitrogens is 4. The van der Waals surface area contributed by atoms with Crippen molar-refractivity contribution in [2.45, 2.75) is 26.4 Å². The third-order valence-electron chi connectivity index (χ3n) is 3.89. The van der Waals surface area contributed by atoms with Gasteiger partial charge in [0.15, 0.2) is 0 Å². The van der Waals surface area contributed by atoms with Crippen molar-refractivity contribution in [1.82, 2.24) is 20.2 Å². The first kappa shape index (κ1) is 18.6. The van der Waals surface area contributed by atoms with Crippen LogP contribution in [0, 0.1) is 6.92 Å². The Morgan fingerprint density at radius 2 is 1.89 bits per heavy atom. The molecule has 0 saturated heterocycles. The first-order valence-electron chi connectivity index (χ1n) is 8.07. The van der Waals surface area contributed by atoms with E-state index in [-0.39, 0.29) is 17.4 Å². The number of alkyl halides is 3. The number of ether oxygens (including phenoxy) is 1. The number of rotatable bonds is 4. The lowest BCUT2D eigenvalue weighted by molar-refractivity contribution is -0.137. The summed E-state index contributed by atoms with van der Waals surface area (Å²) in [4.78, 5) is 8.17. The first-order valence-corrected chi connectivity index (χ1v) is 8.07. The van der Waals surface area contributed by atoms with E-state index in [1.165, 1.54) is 18.5 Å². The van der Waals surface area contributed by atoms with E-state index in [1.807, 2.05) is 6.92 Å². The fourth-order valence-electron chi connectivity index (χ4n) is 2.57. The third-order valence-corrected chi connectivity index (χ3v) is 3.89. The highest BCUT2D eigenvalue weighted by atomic mass is 19.4. The number of hydrogen-bond donors (Lipinski definition) is 1. The molecule has 0 bridgehead atoms. The van der Waals surface area contributed by atoms with Gasteiger partial charge in [-0.15, -0.1) is 10.2 Å². The highest BCUT2D eigenvalue weighted by molar-refractivity contribution is 5.72. The number of hydrogen-bond acceptors (Lipinski definition) is 6. The molecule has 0 atom stereocenters. The number of anilines is 1. The number of nitrogen functional groups attached to an aromatic ring is 1. The maximum Gasteiger partial charge on any atom is 0.416 e. The molecule has 0 radical (unpaired) electrons. The second-order valence-corrected chi connectivity index (χ2v) is 5.80. The average molecular weight is 375 g/mol. The van der Waals surface area contributed by atoms with Crippen molar-refractivity contribution in [1.29, 1.82) is 0 Å². The van der Waals surface area contributed by atoms with E-state index in [2.05, 4.69) is 20.2 Å². The van der Waals surface area contributed by atoms with E-state index >= 15 is 0 Å². The van der Waals surface area contributed by atoms with E-state index in [0.717, 1.165) is 12.1 Å². The van der Waals surface area contributed by atoms with E-state index in [0.29, 0.717) is 28.8 Å². The summed E-state index contributed by atoms with van der Waals surface area (Å²) in [6.07, 6.45) is -0.996. The quantitative estimate of drug-likeness (QED) is 0.735. The molecule has 2 heterocycles. The van der Waals surface area contributed by atoms with Gasteiger partial charge in [0, 0.05) is 22.9 Å². The summed E-state index contributed by atoms with van der Waals surface area (Å²) in [5, 5.41) is 7.53. The van der Waals surface area contributed by atoms with Gasteiger partial charge < -0.3 is 10.5 Å². The summed E-state index contributed by atoms with van der Waals surface area (Å²) in [5.41, 5.74) is 6.98. The lowest BCUT2D eigenvalue weighted by atomic mass is 10.0. The molecule has 0 unspecified atom stereocenters. The standard InChI is InChI=1S/C18H16F3N5O/c1-3-14-13(8-23-9-24-14)12-5-4-11(18(19,20)21)7-15(12)27-17-10(2)6-16(22)25-26-17/h4-9H,3H2,1-2H3,(H2,22,25). The summed E-state index contributed by atoms with van der Waals surface area (Å²) in [7, 11) is 0. The van der Waals surface area contributed by atoms with Crippen LogP contribution in [-0.4, -0.2) is 20.2 Å². The summed E-state index contributed by atoms with van der Waals surface area (Å²) in [5.74, 6) is 0.241. The van der Waals surface area contributed by atoms with E-state index in [4.69, 9.17) is 10.5 Å². The lowest BCUT2D eigenvalue weighted by Crippen LogP contribution is -2.06. The molecular weight excluding hydrogens is 359 g/mol. The van der Waals surface area contributed by atoms with Crippen molar-refractivity contribution in [2.75, 3.05) is 5.73 Å². The van der Waals surface area contributed by atoms with Crippen LogP contribution in [0.1, 0.15) is 23.7 Å². The Morgan fingerprint density at radius 3 is 2.56 bits per heavy atom. The lowest BCUT2D eigenvalue weighted by Gasteiger charge is -2.16. The third kappa shape index (κ3) is 3.97. The molecule has 0 saturated carbocycles. The minimum Gasteiger partial charge on any atom is -0.437 e. The van der Waals surface area contributed by atoms with Crippen molar-refractivity contribution in [3.05, 3.63) is 53.6 Å². The number of halogens is 3. The van der Waals surface area contributed by atoms with Gasteiger partial charge in [0.25, 0.3) is 0 Å². The van der Waals surface area contributed by atoms with Gasteiger partial charge in [0.05, 0.1) is 11.3 Å². The van der Waals surface area contributed by atoms with E-state index < -0.39 is 11.7 Å². The van der Waals surface area contributed by atoms with Crippen molar-refractivity contribution in [3.8, 4) is 22.8 Å². The molecule has 0 aliphatic rings. The monoisotopic (exact) mass is 375 g/mol. The zero-order valence-electron chi connectivity index (χ0n) is 14.6. The van der Waals surface area contributed by atoms with Crippen molar-refractivity contribution in [2.24, 2.45) is 0 Å². The van der Waals surface area contributed by atoms with Crippen LogP contribution in [0.2, 0.25) is 0 Å². The maximum absolute atomic E-state index is 13.2. The molecule has 0 aliphatic carbocycles. The van der Waals surface area contributed by atoms with E-state index in [1.54, 1.807) is 13.1 Å². The molecular formula is C18H16F3N5O. The molecule has 27 heavy (non-hydrogen) atoms. The Labute approximate surface area is 153 Å². The zero-order valence-corrected chi connectivity index (χ0v) is 14.6. The summed E-state index contributed by atoms with van der Waals surface area (Å²) in [6.45, 7) is 3.57. The van der Waals surface area contributed by atoms with Crippen LogP contribution in [0.25, 0.3) is 11.1 Å². The Balaban J connectivity index is 2.16. The van der Waals surface area contributed by atoms with Crippen LogP contribution in [0.5, 0.6) is 11.6 Å². The average Bonchev–Trinajstić information content (AvgIpc) is 2.63. The fourth-order valence-corrected chi connectivity index (χ4v) is 2.57. The van der Waals surface area contributed by atoms with Crippen molar-refractivity contribution >= 4 is 5.82 Å². The van der Waals surface area contributed by atoms with Gasteiger partial charge in [-0.1, -0.05) is 6.92 Å². The summed E-state index contributed by atoms with van der Waals surface area (Å²) >= 11 is 0. The van der Waals surface area contributed by atoms with Gasteiger partial charge in [0.1, 0.15) is 17.9 Å². The Hall–Kier alpha value is -3.23. The van der Waals surface area contributed by atoms with Crippen LogP contribution in [0.15, 0.2) is 36.8 Å². The van der Waals surface area contributed by atoms with Crippen LogP contribution >= 0.6 is 0 Å². The van der Waals surface area contributed by atoms with Crippen LogP contribution in [-0.2, 0) is 12.6 Å². The zero-order chi connectivity index (χ0) is 19.6. The normalized spacial score (nSPS) is 11.4. The molecule has 1 aromatic carbocycles. The maximum atomic E-state index is 13.2. The Kier molecular flexibility index (Phi) is 4.93. The molecule has 2 aromatic heterocycles. The molecule has 0 spiro atoms. The van der Waals surface area contributed by atoms with Gasteiger partial charge >= 0.3 is 6.18 Å². The molecule has 9 heteroatoms. The summed E-state index contributed by atoms with van der Waals surface area (Å²) < 4.78 is 45.3. The minimum atomic E-state index is -4.51. The predicted octanol–water partition coefficient (Wildman–Crippen LogP) is 4.20. The molecule has 140 valence electrons. The van der Waals surface area contributed by atoms with Gasteiger partial charge in [-0.05, 0) is 37.6 Å². The van der Waals surface area contributed by atoms with Crippen molar-refractivity contribution < 1.29 is 17.9 Å². The van der Waals surface area contributed by atoms with Crippen molar-refractivity contribution in [3.63, 3.8) is 0 Å². The highest BCUT2D eigenvalue weighted by Gasteiger charge is 2.32. The second-order valence-electron chi connectivity index (χ2n) is 5.80. The molecule has 0 fully saturated rings. The first-order chi connectivity index (χ1) is 12.8. The Morgan fingerprint density at radius 1 is 1.11 bits per heavy atom. The molecule has 3 rings (SSSR count). The fraction of sp³-hybridized carbons (Fsp3) is 0.222. The number of benzene rings is 1. The topological polar surface area (TPSA) is 86.8 Å². The molecule has 2 N–H and O–H groups in total.